The number of halogens is 1. The lowest BCUT2D eigenvalue weighted by Crippen LogP contribution is -2.46. The molecule has 0 aromatic heterocycles. The van der Waals surface area contributed by atoms with Crippen LogP contribution in [0.15, 0.2) is 42.5 Å². The van der Waals surface area contributed by atoms with E-state index >= 15 is 0 Å². The van der Waals surface area contributed by atoms with E-state index in [1.807, 2.05) is 36.4 Å². The van der Waals surface area contributed by atoms with Gasteiger partial charge in [0.25, 0.3) is 0 Å². The molecular weight excluding hydrogens is 284 g/mol. The highest BCUT2D eigenvalue weighted by Crippen LogP contribution is 2.26. The molecule has 1 fully saturated rings. The van der Waals surface area contributed by atoms with Gasteiger partial charge >= 0.3 is 0 Å². The monoisotopic (exact) mass is 302 g/mol. The summed E-state index contributed by atoms with van der Waals surface area (Å²) in [7, 11) is 0. The number of rotatable bonds is 2. The molecule has 0 atom stereocenters. The molecule has 1 aliphatic rings. The van der Waals surface area contributed by atoms with Crippen LogP contribution >= 0.6 is 11.6 Å². The van der Waals surface area contributed by atoms with Gasteiger partial charge in [0, 0.05) is 42.6 Å². The Kier molecular flexibility index (Phi) is 3.80. The fraction of sp³-hybridized carbons (Fsp3) is 0.250. The number of anilines is 4. The summed E-state index contributed by atoms with van der Waals surface area (Å²) in [6.07, 6.45) is 0. The Labute approximate surface area is 129 Å². The first-order valence-electron chi connectivity index (χ1n) is 7.04. The first kappa shape index (κ1) is 13.9. The van der Waals surface area contributed by atoms with E-state index in [1.54, 1.807) is 0 Å². The Hall–Kier alpha value is -2.07. The highest BCUT2D eigenvalue weighted by Gasteiger charge is 2.18. The number of piperazine rings is 1. The van der Waals surface area contributed by atoms with Crippen LogP contribution in [0.3, 0.4) is 0 Å². The van der Waals surface area contributed by atoms with E-state index in [9.17, 15) is 0 Å². The number of nitrogens with two attached hydrogens (primary N) is 2. The minimum Gasteiger partial charge on any atom is -0.397 e. The molecule has 0 saturated carbocycles. The second-order valence-corrected chi connectivity index (χ2v) is 5.70. The zero-order valence-corrected chi connectivity index (χ0v) is 12.6. The maximum Gasteiger partial charge on any atom is 0.0568 e. The largest absolute Gasteiger partial charge is 0.397 e. The summed E-state index contributed by atoms with van der Waals surface area (Å²) in [5.74, 6) is 0. The van der Waals surface area contributed by atoms with Crippen LogP contribution in [0.1, 0.15) is 0 Å². The van der Waals surface area contributed by atoms with Crippen LogP contribution in [0.2, 0.25) is 5.02 Å². The number of hydrogen-bond donors (Lipinski definition) is 2. The Bertz CT molecular complexity index is 636. The van der Waals surface area contributed by atoms with E-state index in [1.165, 1.54) is 5.69 Å². The van der Waals surface area contributed by atoms with Gasteiger partial charge in [0.15, 0.2) is 0 Å². The maximum atomic E-state index is 6.06. The molecule has 4 N–H and O–H groups in total. The standard InChI is InChI=1S/C16H19ClN4/c17-12-2-1-3-13(10-12)20-6-8-21(9-7-20)14-4-5-15(18)16(19)11-14/h1-5,10-11H,6-9,18-19H2. The highest BCUT2D eigenvalue weighted by molar-refractivity contribution is 6.30. The van der Waals surface area contributed by atoms with E-state index in [-0.39, 0.29) is 0 Å². The Balaban J connectivity index is 1.68. The molecule has 0 radical (unpaired) electrons. The first-order valence-corrected chi connectivity index (χ1v) is 7.42. The van der Waals surface area contributed by atoms with Crippen LogP contribution in [0, 0.1) is 0 Å². The third-order valence-corrected chi connectivity index (χ3v) is 4.12. The van der Waals surface area contributed by atoms with Crippen LogP contribution in [0.25, 0.3) is 0 Å². The summed E-state index contributed by atoms with van der Waals surface area (Å²) in [5.41, 5.74) is 15.2. The maximum absolute atomic E-state index is 6.06. The quantitative estimate of drug-likeness (QED) is 0.838. The van der Waals surface area contributed by atoms with Gasteiger partial charge in [0.05, 0.1) is 11.4 Å². The topological polar surface area (TPSA) is 58.5 Å². The molecule has 2 aromatic carbocycles. The SMILES string of the molecule is Nc1ccc(N2CCN(c3cccc(Cl)c3)CC2)cc1N. The number of nitrogens with zero attached hydrogens (tertiary/aromatic N) is 2. The van der Waals surface area contributed by atoms with Gasteiger partial charge in [0.2, 0.25) is 0 Å². The molecule has 1 saturated heterocycles. The summed E-state index contributed by atoms with van der Waals surface area (Å²) >= 11 is 6.06. The third-order valence-electron chi connectivity index (χ3n) is 3.89. The van der Waals surface area contributed by atoms with E-state index in [2.05, 4.69) is 15.9 Å². The fourth-order valence-electron chi connectivity index (χ4n) is 2.65. The Morgan fingerprint density at radius 2 is 1.38 bits per heavy atom. The van der Waals surface area contributed by atoms with Crippen molar-refractivity contribution in [3.8, 4) is 0 Å². The zero-order valence-electron chi connectivity index (χ0n) is 11.8. The van der Waals surface area contributed by atoms with Crippen molar-refractivity contribution < 1.29 is 0 Å². The van der Waals surface area contributed by atoms with Crippen LogP contribution < -0.4 is 21.3 Å². The van der Waals surface area contributed by atoms with Crippen molar-refractivity contribution in [3.63, 3.8) is 0 Å². The number of nitrogen functional groups attached to an aromatic ring is 2. The van der Waals surface area contributed by atoms with Crippen LogP contribution in [-0.2, 0) is 0 Å². The van der Waals surface area contributed by atoms with E-state index in [0.717, 1.165) is 36.9 Å². The summed E-state index contributed by atoms with van der Waals surface area (Å²) in [5, 5.41) is 0.779. The van der Waals surface area contributed by atoms with Gasteiger partial charge in [-0.25, -0.2) is 0 Å². The second-order valence-electron chi connectivity index (χ2n) is 5.27. The third kappa shape index (κ3) is 3.00. The molecule has 0 aliphatic carbocycles. The molecular formula is C16H19ClN4. The summed E-state index contributed by atoms with van der Waals surface area (Å²) < 4.78 is 0. The molecule has 0 bridgehead atoms. The molecule has 0 unspecified atom stereocenters. The minimum atomic E-state index is 0.635. The lowest BCUT2D eigenvalue weighted by Gasteiger charge is -2.37. The predicted molar refractivity (Wildman–Crippen MR) is 91.1 cm³/mol. The van der Waals surface area contributed by atoms with Gasteiger partial charge in [-0.15, -0.1) is 0 Å². The lowest BCUT2D eigenvalue weighted by molar-refractivity contribution is 0.654. The van der Waals surface area contributed by atoms with Crippen LogP contribution in [-0.4, -0.2) is 26.2 Å². The van der Waals surface area contributed by atoms with Gasteiger partial charge < -0.3 is 21.3 Å². The molecule has 3 rings (SSSR count). The van der Waals surface area contributed by atoms with Crippen molar-refractivity contribution in [3.05, 3.63) is 47.5 Å². The zero-order chi connectivity index (χ0) is 14.8. The highest BCUT2D eigenvalue weighted by atomic mass is 35.5. The Morgan fingerprint density at radius 1 is 0.762 bits per heavy atom. The van der Waals surface area contributed by atoms with Crippen molar-refractivity contribution in [1.82, 2.24) is 0 Å². The van der Waals surface area contributed by atoms with E-state index < -0.39 is 0 Å². The van der Waals surface area contributed by atoms with Gasteiger partial charge in [-0.3, -0.25) is 0 Å². The van der Waals surface area contributed by atoms with Gasteiger partial charge in [-0.1, -0.05) is 17.7 Å². The van der Waals surface area contributed by atoms with Crippen LogP contribution in [0.5, 0.6) is 0 Å². The van der Waals surface area contributed by atoms with Crippen molar-refractivity contribution in [1.29, 1.82) is 0 Å². The van der Waals surface area contributed by atoms with E-state index in [4.69, 9.17) is 23.1 Å². The molecule has 2 aromatic rings. The summed E-state index contributed by atoms with van der Waals surface area (Å²) in [6, 6.07) is 13.9. The Morgan fingerprint density at radius 3 is 1.95 bits per heavy atom. The fourth-order valence-corrected chi connectivity index (χ4v) is 2.84. The van der Waals surface area contributed by atoms with Crippen LogP contribution in [0.4, 0.5) is 22.7 Å². The predicted octanol–water partition coefficient (Wildman–Crippen LogP) is 2.83. The van der Waals surface area contributed by atoms with Crippen molar-refractivity contribution >= 4 is 34.4 Å². The average molecular weight is 303 g/mol. The van der Waals surface area contributed by atoms with Gasteiger partial charge in [0.1, 0.15) is 0 Å². The van der Waals surface area contributed by atoms with Crippen molar-refractivity contribution in [2.24, 2.45) is 0 Å². The normalized spacial score (nSPS) is 15.3. The molecule has 0 spiro atoms. The van der Waals surface area contributed by atoms with E-state index in [0.29, 0.717) is 11.4 Å². The van der Waals surface area contributed by atoms with Gasteiger partial charge in [-0.05, 0) is 36.4 Å². The minimum absolute atomic E-state index is 0.635. The first-order chi connectivity index (χ1) is 10.1. The number of benzene rings is 2. The summed E-state index contributed by atoms with van der Waals surface area (Å²) in [6.45, 7) is 3.83. The molecule has 110 valence electrons. The molecule has 1 heterocycles. The number of hydrogen-bond acceptors (Lipinski definition) is 4. The molecule has 0 amide bonds. The smallest absolute Gasteiger partial charge is 0.0568 e. The average Bonchev–Trinajstić information content (AvgIpc) is 2.50. The summed E-state index contributed by atoms with van der Waals surface area (Å²) in [4.78, 5) is 4.68. The van der Waals surface area contributed by atoms with Gasteiger partial charge in [-0.2, -0.15) is 0 Å². The molecule has 5 heteroatoms. The van der Waals surface area contributed by atoms with Crippen molar-refractivity contribution in [2.45, 2.75) is 0 Å². The molecule has 21 heavy (non-hydrogen) atoms. The molecule has 1 aliphatic heterocycles. The molecule has 4 nitrogen and oxygen atoms in total. The second kappa shape index (κ2) is 5.74. The lowest BCUT2D eigenvalue weighted by atomic mass is 10.2. The van der Waals surface area contributed by atoms with Crippen molar-refractivity contribution in [2.75, 3.05) is 47.4 Å².